The molecule has 0 saturated heterocycles. The SMILES string of the molecule is CCP1CC(C)C(C)CC(C)CC(C)(C)CC(C)(C)/C(C)=C\1C. The monoisotopic (exact) mass is 338 g/mol. The van der Waals surface area contributed by atoms with Crippen LogP contribution < -0.4 is 0 Å². The zero-order valence-corrected chi connectivity index (χ0v) is 18.6. The quantitative estimate of drug-likeness (QED) is 0.426. The number of rotatable bonds is 1. The third-order valence-electron chi connectivity index (χ3n) is 6.49. The Balaban J connectivity index is 3.26. The molecule has 1 heterocycles. The average Bonchev–Trinajstić information content (AvgIpc) is 2.39. The van der Waals surface area contributed by atoms with Crippen LogP contribution in [0.15, 0.2) is 10.9 Å². The maximum absolute atomic E-state index is 2.51. The fraction of sp³-hybridized carbons (Fsp3) is 0.909. The van der Waals surface area contributed by atoms with E-state index < -0.39 is 0 Å². The Labute approximate surface area is 148 Å². The predicted octanol–water partition coefficient (Wildman–Crippen LogP) is 7.93. The molecular weight excluding hydrogens is 295 g/mol. The molecule has 4 atom stereocenters. The Hall–Kier alpha value is 0.170. The molecule has 1 heteroatoms. The van der Waals surface area contributed by atoms with Gasteiger partial charge in [0.05, 0.1) is 0 Å². The summed E-state index contributed by atoms with van der Waals surface area (Å²) < 4.78 is 0. The number of hydrogen-bond donors (Lipinski definition) is 0. The van der Waals surface area contributed by atoms with Gasteiger partial charge in [-0.05, 0) is 79.3 Å². The first kappa shape index (κ1) is 21.2. The molecule has 1 aliphatic heterocycles. The van der Waals surface area contributed by atoms with Gasteiger partial charge in [0.1, 0.15) is 0 Å². The highest BCUT2D eigenvalue weighted by Gasteiger charge is 2.34. The van der Waals surface area contributed by atoms with Gasteiger partial charge in [0.15, 0.2) is 0 Å². The van der Waals surface area contributed by atoms with Crippen LogP contribution in [0.3, 0.4) is 0 Å². The Kier molecular flexibility index (Phi) is 7.41. The maximum atomic E-state index is 2.51. The topological polar surface area (TPSA) is 0 Å². The summed E-state index contributed by atoms with van der Waals surface area (Å²) in [5.74, 6) is 2.56. The second kappa shape index (κ2) is 8.03. The van der Waals surface area contributed by atoms with Crippen molar-refractivity contribution in [3.63, 3.8) is 0 Å². The Morgan fingerprint density at radius 3 is 2.09 bits per heavy atom. The Morgan fingerprint density at radius 2 is 1.57 bits per heavy atom. The van der Waals surface area contributed by atoms with Crippen LogP contribution in [0.4, 0.5) is 0 Å². The van der Waals surface area contributed by atoms with Crippen LogP contribution in [-0.2, 0) is 0 Å². The van der Waals surface area contributed by atoms with Crippen LogP contribution in [0.2, 0.25) is 0 Å². The fourth-order valence-corrected chi connectivity index (χ4v) is 7.89. The molecule has 0 nitrogen and oxygen atoms in total. The maximum Gasteiger partial charge on any atom is -0.0136 e. The van der Waals surface area contributed by atoms with Crippen LogP contribution in [-0.4, -0.2) is 12.3 Å². The zero-order valence-electron chi connectivity index (χ0n) is 17.7. The molecule has 4 unspecified atom stereocenters. The smallest absolute Gasteiger partial charge is 0.0136 e. The molecular formula is C22H43P. The molecule has 1 aliphatic rings. The van der Waals surface area contributed by atoms with Crippen molar-refractivity contribution in [1.29, 1.82) is 0 Å². The molecule has 0 aromatic heterocycles. The van der Waals surface area contributed by atoms with Gasteiger partial charge in [-0.25, -0.2) is 0 Å². The number of hydrogen-bond acceptors (Lipinski definition) is 0. The largest absolute Gasteiger partial charge is 0.0801 e. The summed E-state index contributed by atoms with van der Waals surface area (Å²) in [6.45, 7) is 24.7. The van der Waals surface area contributed by atoms with Gasteiger partial charge < -0.3 is 0 Å². The van der Waals surface area contributed by atoms with Gasteiger partial charge in [-0.2, -0.15) is 0 Å². The van der Waals surface area contributed by atoms with Crippen LogP contribution in [0, 0.1) is 28.6 Å². The molecule has 0 radical (unpaired) electrons. The lowest BCUT2D eigenvalue weighted by atomic mass is 9.67. The van der Waals surface area contributed by atoms with Crippen LogP contribution in [0.1, 0.15) is 88.5 Å². The molecule has 0 bridgehead atoms. The van der Waals surface area contributed by atoms with Crippen LogP contribution in [0.25, 0.3) is 0 Å². The third kappa shape index (κ3) is 5.88. The van der Waals surface area contributed by atoms with Gasteiger partial charge in [0.25, 0.3) is 0 Å². The normalized spacial score (nSPS) is 39.4. The van der Waals surface area contributed by atoms with E-state index in [4.69, 9.17) is 0 Å². The van der Waals surface area contributed by atoms with Crippen molar-refractivity contribution in [3.8, 4) is 0 Å². The van der Waals surface area contributed by atoms with E-state index in [0.717, 1.165) is 17.8 Å². The average molecular weight is 339 g/mol. The minimum absolute atomic E-state index is 0.0470. The van der Waals surface area contributed by atoms with Crippen molar-refractivity contribution in [2.24, 2.45) is 28.6 Å². The van der Waals surface area contributed by atoms with Gasteiger partial charge in [-0.3, -0.25) is 0 Å². The van der Waals surface area contributed by atoms with E-state index in [1.54, 1.807) is 10.9 Å². The van der Waals surface area contributed by atoms with Gasteiger partial charge in [0.2, 0.25) is 0 Å². The standard InChI is InChI=1S/C22H43P/c1-11-23-14-18(4)17(3)12-16(2)13-21(7,8)15-22(9,10)19(5)20(23)6/h16-18H,11-15H2,1-10H3/b20-19-. The Bertz CT molecular complexity index is 416. The van der Waals surface area contributed by atoms with E-state index in [2.05, 4.69) is 69.2 Å². The number of allylic oxidation sites excluding steroid dienone is 2. The molecule has 0 aliphatic carbocycles. The highest BCUT2D eigenvalue weighted by atomic mass is 31.1. The van der Waals surface area contributed by atoms with Crippen molar-refractivity contribution < 1.29 is 0 Å². The van der Waals surface area contributed by atoms with Gasteiger partial charge in [-0.1, -0.05) is 68.9 Å². The lowest BCUT2D eigenvalue weighted by Gasteiger charge is -2.41. The first-order chi connectivity index (χ1) is 10.4. The highest BCUT2D eigenvalue weighted by Crippen LogP contribution is 2.53. The zero-order chi connectivity index (χ0) is 18.0. The second-order valence-electron chi connectivity index (χ2n) is 9.97. The molecule has 0 amide bonds. The summed E-state index contributed by atoms with van der Waals surface area (Å²) in [6.07, 6.45) is 6.86. The summed E-state index contributed by atoms with van der Waals surface area (Å²) in [7, 11) is 0.0470. The van der Waals surface area contributed by atoms with Gasteiger partial charge in [0, 0.05) is 0 Å². The van der Waals surface area contributed by atoms with E-state index in [-0.39, 0.29) is 7.92 Å². The summed E-state index contributed by atoms with van der Waals surface area (Å²) in [5, 5.41) is 1.75. The predicted molar refractivity (Wildman–Crippen MR) is 110 cm³/mol. The van der Waals surface area contributed by atoms with E-state index in [1.165, 1.54) is 31.6 Å². The minimum atomic E-state index is 0.0470. The minimum Gasteiger partial charge on any atom is -0.0801 e. The van der Waals surface area contributed by atoms with Gasteiger partial charge in [-0.15, -0.1) is 0 Å². The molecule has 0 aromatic carbocycles. The molecule has 136 valence electrons. The van der Waals surface area contributed by atoms with Crippen molar-refractivity contribution in [2.75, 3.05) is 12.3 Å². The molecule has 0 N–H and O–H groups in total. The van der Waals surface area contributed by atoms with Crippen molar-refractivity contribution in [1.82, 2.24) is 0 Å². The second-order valence-corrected chi connectivity index (χ2v) is 12.7. The molecule has 0 aromatic rings. The highest BCUT2D eigenvalue weighted by molar-refractivity contribution is 7.62. The first-order valence-corrected chi connectivity index (χ1v) is 11.5. The summed E-state index contributed by atoms with van der Waals surface area (Å²) in [5.41, 5.74) is 2.45. The summed E-state index contributed by atoms with van der Waals surface area (Å²) in [6, 6.07) is 0. The summed E-state index contributed by atoms with van der Waals surface area (Å²) >= 11 is 0. The van der Waals surface area contributed by atoms with E-state index in [0.29, 0.717) is 10.8 Å². The molecule has 0 spiro atoms. The van der Waals surface area contributed by atoms with Crippen molar-refractivity contribution >= 4 is 7.92 Å². The molecule has 0 fully saturated rings. The van der Waals surface area contributed by atoms with E-state index >= 15 is 0 Å². The summed E-state index contributed by atoms with van der Waals surface area (Å²) in [4.78, 5) is 0. The van der Waals surface area contributed by atoms with E-state index in [9.17, 15) is 0 Å². The lowest BCUT2D eigenvalue weighted by molar-refractivity contribution is 0.169. The fourth-order valence-electron chi connectivity index (χ4n) is 5.05. The molecule has 23 heavy (non-hydrogen) atoms. The van der Waals surface area contributed by atoms with Crippen molar-refractivity contribution in [2.45, 2.75) is 88.5 Å². The van der Waals surface area contributed by atoms with Crippen LogP contribution in [0.5, 0.6) is 0 Å². The molecule has 1 rings (SSSR count). The van der Waals surface area contributed by atoms with E-state index in [1.807, 2.05) is 0 Å². The molecule has 0 saturated carbocycles. The van der Waals surface area contributed by atoms with Gasteiger partial charge >= 0.3 is 0 Å². The Morgan fingerprint density at radius 1 is 1.00 bits per heavy atom. The first-order valence-electron chi connectivity index (χ1n) is 9.82. The third-order valence-corrected chi connectivity index (χ3v) is 9.55. The van der Waals surface area contributed by atoms with Crippen LogP contribution >= 0.6 is 7.92 Å². The lowest BCUT2D eigenvalue weighted by Crippen LogP contribution is -2.28. The van der Waals surface area contributed by atoms with Crippen molar-refractivity contribution in [3.05, 3.63) is 10.9 Å².